The average Bonchev–Trinajstić information content (AvgIpc) is 4.11. The van der Waals surface area contributed by atoms with Crippen LogP contribution in [0.3, 0.4) is 0 Å². The van der Waals surface area contributed by atoms with Crippen LogP contribution >= 0.6 is 11.6 Å². The van der Waals surface area contributed by atoms with E-state index < -0.39 is 59.2 Å². The number of hydrogen-bond donors (Lipinski definition) is 7. The number of hydrogen-bond acceptors (Lipinski definition) is 12. The number of sulfonamides is 1. The Bertz CT molecular complexity index is 1790. The summed E-state index contributed by atoms with van der Waals surface area (Å²) in [6, 6.07) is 13.7. The summed E-state index contributed by atoms with van der Waals surface area (Å²) in [5.41, 5.74) is 2.81. The second-order valence-electron chi connectivity index (χ2n) is 13.1. The lowest BCUT2D eigenvalue weighted by Gasteiger charge is -2.25. The number of para-hydroxylation sites is 1. The maximum absolute atomic E-state index is 13.4. The molecular formula is C36H47ClN4O11S. The van der Waals surface area contributed by atoms with E-state index in [1.54, 1.807) is 6.20 Å². The summed E-state index contributed by atoms with van der Waals surface area (Å²) in [6.45, 7) is -1.02. The molecule has 4 unspecified atom stereocenters. The third-order valence-corrected chi connectivity index (χ3v) is 11.3. The van der Waals surface area contributed by atoms with Gasteiger partial charge in [-0.1, -0.05) is 29.8 Å². The summed E-state index contributed by atoms with van der Waals surface area (Å²) in [5, 5.41) is 52.7. The van der Waals surface area contributed by atoms with Gasteiger partial charge in [0.1, 0.15) is 24.1 Å². The van der Waals surface area contributed by atoms with E-state index in [1.165, 1.54) is 25.2 Å². The topological polar surface area (TPSA) is 220 Å². The number of urea groups is 1. The van der Waals surface area contributed by atoms with Gasteiger partial charge in [0.15, 0.2) is 0 Å². The summed E-state index contributed by atoms with van der Waals surface area (Å²) in [7, 11) is -2.49. The number of aliphatic hydroxyl groups excluding tert-OH is 5. The van der Waals surface area contributed by atoms with Gasteiger partial charge in [-0.05, 0) is 67.1 Å². The van der Waals surface area contributed by atoms with Gasteiger partial charge in [0, 0.05) is 55.2 Å². The number of pyridine rings is 1. The van der Waals surface area contributed by atoms with Crippen molar-refractivity contribution in [2.45, 2.75) is 73.3 Å². The van der Waals surface area contributed by atoms with Gasteiger partial charge in [-0.2, -0.15) is 4.31 Å². The first-order chi connectivity index (χ1) is 25.4. The summed E-state index contributed by atoms with van der Waals surface area (Å²) < 4.78 is 46.2. The van der Waals surface area contributed by atoms with E-state index in [0.717, 1.165) is 52.4 Å². The van der Waals surface area contributed by atoms with Crippen LogP contribution in [0.1, 0.15) is 36.8 Å². The molecule has 0 bridgehead atoms. The molecule has 2 amide bonds. The molecule has 2 saturated carbocycles. The third-order valence-electron chi connectivity index (χ3n) is 9.12. The quantitative estimate of drug-likeness (QED) is 0.0766. The Morgan fingerprint density at radius 2 is 1.75 bits per heavy atom. The fourth-order valence-corrected chi connectivity index (χ4v) is 6.95. The Balaban J connectivity index is 1.10. The SMILES string of the molecule is CN(CCOCCNC(=O)NCC(O)C(O)C(O)C(O)CO)S(=O)(=O)c1ccc(Cl)c(COC2(c3cnccc3-c3ccccc3OC3CC3)CC2)c1. The van der Waals surface area contributed by atoms with E-state index in [1.807, 2.05) is 36.5 Å². The number of aromatic nitrogens is 1. The smallest absolute Gasteiger partial charge is 0.314 e. The zero-order valence-electron chi connectivity index (χ0n) is 29.3. The van der Waals surface area contributed by atoms with E-state index in [0.29, 0.717) is 10.6 Å². The van der Waals surface area contributed by atoms with E-state index in [-0.39, 0.29) is 43.9 Å². The molecule has 53 heavy (non-hydrogen) atoms. The Labute approximate surface area is 313 Å². The van der Waals surface area contributed by atoms with Gasteiger partial charge < -0.3 is 50.4 Å². The number of carbonyl (C=O) groups excluding carboxylic acids is 1. The molecule has 2 aliphatic carbocycles. The van der Waals surface area contributed by atoms with E-state index in [9.17, 15) is 33.6 Å². The number of amides is 2. The number of aliphatic hydroxyl groups is 5. The molecule has 2 aromatic carbocycles. The molecule has 7 N–H and O–H groups in total. The van der Waals surface area contributed by atoms with Crippen molar-refractivity contribution in [2.75, 3.05) is 46.5 Å². The predicted molar refractivity (Wildman–Crippen MR) is 194 cm³/mol. The third kappa shape index (κ3) is 10.6. The Hall–Kier alpha value is -3.42. The highest BCUT2D eigenvalue weighted by Gasteiger charge is 2.48. The molecule has 0 radical (unpaired) electrons. The molecule has 0 saturated heterocycles. The van der Waals surface area contributed by atoms with Crippen molar-refractivity contribution in [3.05, 3.63) is 77.1 Å². The molecule has 290 valence electrons. The van der Waals surface area contributed by atoms with Crippen molar-refractivity contribution in [1.82, 2.24) is 19.9 Å². The van der Waals surface area contributed by atoms with E-state index in [4.69, 9.17) is 30.9 Å². The van der Waals surface area contributed by atoms with Gasteiger partial charge in [-0.15, -0.1) is 0 Å². The summed E-state index contributed by atoms with van der Waals surface area (Å²) >= 11 is 6.53. The molecule has 5 rings (SSSR count). The van der Waals surface area contributed by atoms with E-state index in [2.05, 4.69) is 15.6 Å². The average molecular weight is 779 g/mol. The normalized spacial score (nSPS) is 17.5. The monoisotopic (exact) mass is 778 g/mol. The van der Waals surface area contributed by atoms with Crippen LogP contribution in [0.15, 0.2) is 65.8 Å². The molecule has 17 heteroatoms. The number of likely N-dealkylation sites (N-methyl/N-ethyl adjacent to an activating group) is 1. The lowest BCUT2D eigenvalue weighted by atomic mass is 9.96. The second-order valence-corrected chi connectivity index (χ2v) is 15.6. The number of nitrogens with zero attached hydrogens (tertiary/aromatic N) is 2. The zero-order valence-corrected chi connectivity index (χ0v) is 30.9. The van der Waals surface area contributed by atoms with Crippen LogP contribution in [0.25, 0.3) is 11.1 Å². The molecule has 1 heterocycles. The fourth-order valence-electron chi connectivity index (χ4n) is 5.57. The van der Waals surface area contributed by atoms with Gasteiger partial charge in [0.25, 0.3) is 0 Å². The van der Waals surface area contributed by atoms with E-state index >= 15 is 0 Å². The van der Waals surface area contributed by atoms with Crippen LogP contribution in [0, 0.1) is 0 Å². The van der Waals surface area contributed by atoms with Crippen molar-refractivity contribution in [1.29, 1.82) is 0 Å². The van der Waals surface area contributed by atoms with Crippen molar-refractivity contribution < 1.29 is 53.0 Å². The number of rotatable bonds is 21. The molecule has 1 aromatic heterocycles. The van der Waals surface area contributed by atoms with Gasteiger partial charge in [-0.3, -0.25) is 4.98 Å². The van der Waals surface area contributed by atoms with Crippen LogP contribution in [0.5, 0.6) is 5.75 Å². The van der Waals surface area contributed by atoms with Gasteiger partial charge in [-0.25, -0.2) is 13.2 Å². The molecular weight excluding hydrogens is 732 g/mol. The lowest BCUT2D eigenvalue weighted by molar-refractivity contribution is -0.113. The Kier molecular flexibility index (Phi) is 14.1. The van der Waals surface area contributed by atoms with Crippen LogP contribution in [-0.2, 0) is 31.7 Å². The van der Waals surface area contributed by atoms with Gasteiger partial charge in [0.2, 0.25) is 10.0 Å². The Morgan fingerprint density at radius 3 is 2.47 bits per heavy atom. The first kappa shape index (κ1) is 40.8. The van der Waals surface area contributed by atoms with Crippen LogP contribution in [-0.4, -0.2) is 126 Å². The number of halogens is 1. The highest BCUT2D eigenvalue weighted by molar-refractivity contribution is 7.89. The number of carbonyl (C=O) groups is 1. The van der Waals surface area contributed by atoms with Crippen LogP contribution < -0.4 is 15.4 Å². The van der Waals surface area contributed by atoms with Crippen LogP contribution in [0.4, 0.5) is 4.79 Å². The minimum absolute atomic E-state index is 0.0217. The Morgan fingerprint density at radius 1 is 1.02 bits per heavy atom. The first-order valence-electron chi connectivity index (χ1n) is 17.4. The largest absolute Gasteiger partial charge is 0.490 e. The fraction of sp³-hybridized carbons (Fsp3) is 0.500. The van der Waals surface area contributed by atoms with Crippen molar-refractivity contribution in [3.63, 3.8) is 0 Å². The van der Waals surface area contributed by atoms with Gasteiger partial charge in [0.05, 0.1) is 49.1 Å². The molecule has 4 atom stereocenters. The molecule has 2 aliphatic rings. The number of nitrogens with one attached hydrogen (secondary N) is 2. The minimum Gasteiger partial charge on any atom is -0.490 e. The number of benzene rings is 2. The molecule has 0 aliphatic heterocycles. The van der Waals surface area contributed by atoms with Gasteiger partial charge >= 0.3 is 6.03 Å². The maximum atomic E-state index is 13.4. The second kappa shape index (κ2) is 18.3. The zero-order chi connectivity index (χ0) is 38.2. The van der Waals surface area contributed by atoms with Crippen molar-refractivity contribution in [3.8, 4) is 16.9 Å². The highest BCUT2D eigenvalue weighted by Crippen LogP contribution is 2.53. The van der Waals surface area contributed by atoms with Crippen molar-refractivity contribution >= 4 is 27.7 Å². The lowest BCUT2D eigenvalue weighted by Crippen LogP contribution is -2.50. The molecule has 2 fully saturated rings. The molecule has 3 aromatic rings. The molecule has 15 nitrogen and oxygen atoms in total. The maximum Gasteiger partial charge on any atom is 0.314 e. The van der Waals surface area contributed by atoms with Crippen molar-refractivity contribution in [2.24, 2.45) is 0 Å². The first-order valence-corrected chi connectivity index (χ1v) is 19.2. The number of ether oxygens (including phenoxy) is 3. The summed E-state index contributed by atoms with van der Waals surface area (Å²) in [6.07, 6.45) is 0.569. The van der Waals surface area contributed by atoms with Crippen LogP contribution in [0.2, 0.25) is 5.02 Å². The predicted octanol–water partition coefficient (Wildman–Crippen LogP) is 1.52. The summed E-state index contributed by atoms with van der Waals surface area (Å²) in [4.78, 5) is 16.4. The minimum atomic E-state index is -3.92. The highest BCUT2D eigenvalue weighted by atomic mass is 35.5. The molecule has 0 spiro atoms. The standard InChI is InChI=1S/C36H47ClN4O11S/c1-41(15-17-50-16-14-39-35(47)40-20-30(43)33(45)34(46)31(44)21-42)53(48,49)25-8-9-29(37)23(18-25)22-51-36(11-12-36)28-19-38-13-10-26(28)27-4-2-3-5-32(27)52-24-6-7-24/h2-5,8-10,13,18-19,24,30-31,33-34,42-46H,6-7,11-12,14-17,20-22H2,1H3,(H2,39,40,47). The summed E-state index contributed by atoms with van der Waals surface area (Å²) in [5.74, 6) is 0.820.